The van der Waals surface area contributed by atoms with E-state index in [0.29, 0.717) is 40.9 Å². The minimum Gasteiger partial charge on any atom is -0.494 e. The number of ketones is 1. The molecule has 0 amide bonds. The highest BCUT2D eigenvalue weighted by Crippen LogP contribution is 2.32. The van der Waals surface area contributed by atoms with E-state index in [4.69, 9.17) is 9.15 Å². The van der Waals surface area contributed by atoms with Crippen LogP contribution in [-0.2, 0) is 6.42 Å². The second-order valence-electron chi connectivity index (χ2n) is 8.90. The Morgan fingerprint density at radius 1 is 1.09 bits per heavy atom. The monoisotopic (exact) mass is 464 g/mol. The van der Waals surface area contributed by atoms with Crippen molar-refractivity contribution in [3.8, 4) is 5.75 Å². The second kappa shape index (κ2) is 11.3. The van der Waals surface area contributed by atoms with Crippen LogP contribution in [0.3, 0.4) is 0 Å². The number of non-ortho nitro benzene ring substituents is 1. The molecule has 7 nitrogen and oxygen atoms in total. The number of carbonyl (C=O) groups is 1. The molecule has 180 valence electrons. The van der Waals surface area contributed by atoms with Gasteiger partial charge in [-0.2, -0.15) is 0 Å². The van der Waals surface area contributed by atoms with Crippen LogP contribution in [0.25, 0.3) is 11.0 Å². The minimum atomic E-state index is -0.455. The maximum atomic E-state index is 13.5. The lowest BCUT2D eigenvalue weighted by molar-refractivity contribution is -0.384. The first kappa shape index (κ1) is 24.0. The molecule has 7 heteroatoms. The Morgan fingerprint density at radius 3 is 2.56 bits per heavy atom. The van der Waals surface area contributed by atoms with E-state index in [2.05, 4.69) is 11.8 Å². The van der Waals surface area contributed by atoms with Gasteiger partial charge in [0.1, 0.15) is 17.1 Å². The quantitative estimate of drug-likeness (QED) is 0.146. The summed E-state index contributed by atoms with van der Waals surface area (Å²) in [5.74, 6) is 1.12. The van der Waals surface area contributed by atoms with Gasteiger partial charge in [-0.05, 0) is 69.1 Å². The van der Waals surface area contributed by atoms with Crippen LogP contribution in [0.2, 0.25) is 0 Å². The first-order valence-corrected chi connectivity index (χ1v) is 12.3. The van der Waals surface area contributed by atoms with Gasteiger partial charge in [0.25, 0.3) is 5.69 Å². The number of nitrogens with zero attached hydrogens (tertiary/aromatic N) is 2. The van der Waals surface area contributed by atoms with Crippen molar-refractivity contribution in [1.82, 2.24) is 4.90 Å². The third-order valence-corrected chi connectivity index (χ3v) is 6.39. The maximum absolute atomic E-state index is 13.5. The van der Waals surface area contributed by atoms with E-state index in [1.54, 1.807) is 18.2 Å². The molecule has 0 bridgehead atoms. The molecular formula is C27H32N2O5. The Hall–Kier alpha value is -3.19. The average Bonchev–Trinajstić information content (AvgIpc) is 3.23. The third kappa shape index (κ3) is 5.65. The van der Waals surface area contributed by atoms with Crippen LogP contribution in [0.4, 0.5) is 5.69 Å². The first-order chi connectivity index (χ1) is 16.6. The number of aryl methyl sites for hydroxylation is 1. The number of piperidine rings is 1. The average molecular weight is 465 g/mol. The molecule has 34 heavy (non-hydrogen) atoms. The van der Waals surface area contributed by atoms with E-state index in [1.807, 2.05) is 12.1 Å². The molecular weight excluding hydrogens is 432 g/mol. The number of fused-ring (bicyclic) bond motifs is 1. The maximum Gasteiger partial charge on any atom is 0.270 e. The van der Waals surface area contributed by atoms with Crippen LogP contribution < -0.4 is 4.74 Å². The number of hydrogen-bond acceptors (Lipinski definition) is 6. The normalized spacial score (nSPS) is 14.4. The molecule has 1 saturated heterocycles. The van der Waals surface area contributed by atoms with E-state index in [1.165, 1.54) is 44.5 Å². The van der Waals surface area contributed by atoms with Crippen molar-refractivity contribution < 1.29 is 18.9 Å². The van der Waals surface area contributed by atoms with Gasteiger partial charge in [0, 0.05) is 36.0 Å². The Labute approximate surface area is 199 Å². The van der Waals surface area contributed by atoms with Gasteiger partial charge >= 0.3 is 0 Å². The highest BCUT2D eigenvalue weighted by molar-refractivity contribution is 6.17. The molecule has 1 fully saturated rings. The van der Waals surface area contributed by atoms with Crippen molar-refractivity contribution in [1.29, 1.82) is 0 Å². The van der Waals surface area contributed by atoms with Gasteiger partial charge in [-0.3, -0.25) is 14.9 Å². The van der Waals surface area contributed by atoms with Gasteiger partial charge in [0.2, 0.25) is 0 Å². The molecule has 1 aliphatic rings. The number of nitro benzene ring substituents is 1. The summed E-state index contributed by atoms with van der Waals surface area (Å²) in [4.78, 5) is 26.8. The standard InChI is InChI=1S/C27H32N2O5/c1-2-3-8-25-26(23-19-21(29(31)32)11-14-24(23)34-25)27(30)20-9-12-22(13-10-20)33-18-7-17-28-15-5-4-6-16-28/h9-14,19H,2-8,15-18H2,1H3. The molecule has 1 aromatic heterocycles. The van der Waals surface area contributed by atoms with Gasteiger partial charge in [0.15, 0.2) is 5.78 Å². The van der Waals surface area contributed by atoms with E-state index in [9.17, 15) is 14.9 Å². The van der Waals surface area contributed by atoms with E-state index < -0.39 is 4.92 Å². The smallest absolute Gasteiger partial charge is 0.270 e. The van der Waals surface area contributed by atoms with Crippen molar-refractivity contribution >= 4 is 22.4 Å². The fourth-order valence-corrected chi connectivity index (χ4v) is 4.52. The number of nitro groups is 1. The fourth-order valence-electron chi connectivity index (χ4n) is 4.52. The highest BCUT2D eigenvalue weighted by atomic mass is 16.6. The largest absolute Gasteiger partial charge is 0.494 e. The van der Waals surface area contributed by atoms with Gasteiger partial charge in [-0.25, -0.2) is 0 Å². The zero-order chi connectivity index (χ0) is 23.9. The number of hydrogen-bond donors (Lipinski definition) is 0. The van der Waals surface area contributed by atoms with Gasteiger partial charge in [0.05, 0.1) is 17.1 Å². The molecule has 0 N–H and O–H groups in total. The topological polar surface area (TPSA) is 85.8 Å². The minimum absolute atomic E-state index is 0.0577. The molecule has 0 radical (unpaired) electrons. The van der Waals surface area contributed by atoms with Gasteiger partial charge < -0.3 is 14.1 Å². The molecule has 3 aromatic rings. The zero-order valence-electron chi connectivity index (χ0n) is 19.8. The molecule has 0 atom stereocenters. The number of ether oxygens (including phenoxy) is 1. The summed E-state index contributed by atoms with van der Waals surface area (Å²) in [6, 6.07) is 11.5. The van der Waals surface area contributed by atoms with Gasteiger partial charge in [-0.1, -0.05) is 19.8 Å². The van der Waals surface area contributed by atoms with Crippen molar-refractivity contribution in [2.45, 2.75) is 51.9 Å². The fraction of sp³-hybridized carbons (Fsp3) is 0.444. The molecule has 0 saturated carbocycles. The summed E-state index contributed by atoms with van der Waals surface area (Å²) in [5.41, 5.74) is 1.36. The SMILES string of the molecule is CCCCc1oc2ccc([N+](=O)[O-])cc2c1C(=O)c1ccc(OCCCN2CCCCC2)cc1. The first-order valence-electron chi connectivity index (χ1n) is 12.3. The lowest BCUT2D eigenvalue weighted by atomic mass is 9.98. The number of carbonyl (C=O) groups excluding carboxylic acids is 1. The van der Waals surface area contributed by atoms with Crippen LogP contribution in [-0.4, -0.2) is 41.8 Å². The predicted octanol–water partition coefficient (Wildman–Crippen LogP) is 6.17. The molecule has 0 aliphatic carbocycles. The molecule has 0 unspecified atom stereocenters. The van der Waals surface area contributed by atoms with Crippen molar-refractivity contribution in [3.05, 3.63) is 69.5 Å². The summed E-state index contributed by atoms with van der Waals surface area (Å²) in [6.07, 6.45) is 7.32. The lowest BCUT2D eigenvalue weighted by Crippen LogP contribution is -2.31. The Balaban J connectivity index is 1.47. The summed E-state index contributed by atoms with van der Waals surface area (Å²) >= 11 is 0. The number of unbranched alkanes of at least 4 members (excludes halogenated alkanes) is 1. The van der Waals surface area contributed by atoms with E-state index in [0.717, 1.165) is 31.6 Å². The van der Waals surface area contributed by atoms with Crippen LogP contribution in [0.15, 0.2) is 46.9 Å². The number of rotatable bonds is 11. The van der Waals surface area contributed by atoms with Crippen molar-refractivity contribution in [3.63, 3.8) is 0 Å². The van der Waals surface area contributed by atoms with Crippen LogP contribution >= 0.6 is 0 Å². The highest BCUT2D eigenvalue weighted by Gasteiger charge is 2.23. The molecule has 1 aliphatic heterocycles. The second-order valence-corrected chi connectivity index (χ2v) is 8.90. The number of furan rings is 1. The van der Waals surface area contributed by atoms with Crippen molar-refractivity contribution in [2.24, 2.45) is 0 Å². The summed E-state index contributed by atoms with van der Waals surface area (Å²) in [7, 11) is 0. The predicted molar refractivity (Wildman–Crippen MR) is 132 cm³/mol. The van der Waals surface area contributed by atoms with Crippen LogP contribution in [0.5, 0.6) is 5.75 Å². The number of likely N-dealkylation sites (tertiary alicyclic amines) is 1. The van der Waals surface area contributed by atoms with Crippen LogP contribution in [0.1, 0.15) is 67.1 Å². The van der Waals surface area contributed by atoms with Crippen molar-refractivity contribution in [2.75, 3.05) is 26.2 Å². The lowest BCUT2D eigenvalue weighted by Gasteiger charge is -2.26. The molecule has 0 spiro atoms. The van der Waals surface area contributed by atoms with E-state index >= 15 is 0 Å². The van der Waals surface area contributed by atoms with E-state index in [-0.39, 0.29) is 11.5 Å². The van der Waals surface area contributed by atoms with Crippen LogP contribution in [0, 0.1) is 10.1 Å². The number of benzene rings is 2. The molecule has 2 heterocycles. The summed E-state index contributed by atoms with van der Waals surface area (Å²) in [6.45, 7) is 6.13. The van der Waals surface area contributed by atoms with Gasteiger partial charge in [-0.15, -0.1) is 0 Å². The summed E-state index contributed by atoms with van der Waals surface area (Å²) < 4.78 is 11.8. The Bertz CT molecular complexity index is 1130. The molecule has 2 aromatic carbocycles. The Morgan fingerprint density at radius 2 is 1.85 bits per heavy atom. The third-order valence-electron chi connectivity index (χ3n) is 6.39. The zero-order valence-corrected chi connectivity index (χ0v) is 19.8. The molecule has 4 rings (SSSR count). The summed E-state index contributed by atoms with van der Waals surface area (Å²) in [5, 5.41) is 11.8. The Kier molecular flexibility index (Phi) is 7.95.